The summed E-state index contributed by atoms with van der Waals surface area (Å²) in [5.41, 5.74) is 0. The molecule has 7 nitrogen and oxygen atoms in total. The summed E-state index contributed by atoms with van der Waals surface area (Å²) in [7, 11) is -3.86. The van der Waals surface area contributed by atoms with Crippen molar-refractivity contribution < 1.29 is 28.2 Å². The molecule has 0 saturated carbocycles. The molecule has 0 spiro atoms. The monoisotopic (exact) mass is 275 g/mol. The van der Waals surface area contributed by atoms with Crippen LogP contribution in [0.5, 0.6) is 0 Å². The average molecular weight is 275 g/mol. The van der Waals surface area contributed by atoms with Gasteiger partial charge in [0.2, 0.25) is 10.0 Å². The first-order valence-corrected chi connectivity index (χ1v) is 6.80. The highest BCUT2D eigenvalue weighted by molar-refractivity contribution is 8.32. The van der Waals surface area contributed by atoms with E-state index >= 15 is 0 Å². The van der Waals surface area contributed by atoms with Gasteiger partial charge in [-0.25, -0.2) is 18.0 Å². The Hall–Kier alpha value is -0.450. The van der Waals surface area contributed by atoms with E-state index in [9.17, 15) is 18.0 Å². The fraction of sp³-hybridized carbons (Fsp3) is 0.600. The van der Waals surface area contributed by atoms with Crippen molar-refractivity contribution >= 4 is 44.5 Å². The van der Waals surface area contributed by atoms with Crippen molar-refractivity contribution in [3.05, 3.63) is 0 Å². The van der Waals surface area contributed by atoms with Gasteiger partial charge in [0, 0.05) is 0 Å². The van der Waals surface area contributed by atoms with Crippen molar-refractivity contribution in [2.45, 2.75) is 13.3 Å². The van der Waals surface area contributed by atoms with E-state index in [0.29, 0.717) is 0 Å². The van der Waals surface area contributed by atoms with Crippen molar-refractivity contribution in [3.63, 3.8) is 0 Å². The molecule has 0 aromatic carbocycles. The van der Waals surface area contributed by atoms with Crippen LogP contribution >= 0.6 is 23.9 Å². The lowest BCUT2D eigenvalue weighted by molar-refractivity contribution is 0.221. The van der Waals surface area contributed by atoms with E-state index in [0.717, 1.165) is 0 Å². The van der Waals surface area contributed by atoms with Gasteiger partial charge in [-0.1, -0.05) is 10.0 Å². The van der Waals surface area contributed by atoms with Gasteiger partial charge in [-0.2, -0.15) is 0 Å². The number of rotatable bonds is 5. The van der Waals surface area contributed by atoms with Crippen LogP contribution in [0.3, 0.4) is 0 Å². The fourth-order valence-corrected chi connectivity index (χ4v) is 3.78. The summed E-state index contributed by atoms with van der Waals surface area (Å²) in [6.07, 6.45) is 0.277. The molecule has 10 heteroatoms. The molecule has 0 atom stereocenters. The third-order valence-electron chi connectivity index (χ3n) is 0.994. The molecule has 0 rings (SSSR count). The minimum atomic E-state index is -3.86. The van der Waals surface area contributed by atoms with Gasteiger partial charge in [0.15, 0.2) is 0 Å². The second-order valence-corrected chi connectivity index (χ2v) is 6.65. The molecular weight excluding hydrogens is 266 g/mol. The van der Waals surface area contributed by atoms with Crippen LogP contribution in [0, 0.1) is 0 Å². The Bertz CT molecular complexity index is 323. The van der Waals surface area contributed by atoms with Crippen LogP contribution in [0.1, 0.15) is 13.3 Å². The first-order chi connectivity index (χ1) is 6.79. The molecule has 0 unspecified atom stereocenters. The van der Waals surface area contributed by atoms with Gasteiger partial charge < -0.3 is 10.2 Å². The largest absolute Gasteiger partial charge is 0.472 e. The Morgan fingerprint density at radius 2 is 1.60 bits per heavy atom. The summed E-state index contributed by atoms with van der Waals surface area (Å²) in [6, 6.07) is 0. The third kappa shape index (κ3) is 5.87. The van der Waals surface area contributed by atoms with Crippen LogP contribution in [0.2, 0.25) is 0 Å². The van der Waals surface area contributed by atoms with Gasteiger partial charge in [-0.15, -0.1) is 0 Å². The Morgan fingerprint density at radius 3 is 1.87 bits per heavy atom. The van der Waals surface area contributed by atoms with Gasteiger partial charge in [-0.05, 0) is 6.42 Å². The smallest absolute Gasteiger partial charge is 0.382 e. The zero-order valence-electron chi connectivity index (χ0n) is 7.61. The van der Waals surface area contributed by atoms with Gasteiger partial charge in [0.1, 0.15) is 0 Å². The molecular formula is C5H9NO6S3. The minimum absolute atomic E-state index is 0.0811. The van der Waals surface area contributed by atoms with E-state index in [1.165, 1.54) is 0 Å². The van der Waals surface area contributed by atoms with Crippen molar-refractivity contribution in [3.8, 4) is 0 Å². The summed E-state index contributed by atoms with van der Waals surface area (Å²) in [6.45, 7) is 1.59. The highest BCUT2D eigenvalue weighted by Gasteiger charge is 2.28. The van der Waals surface area contributed by atoms with Crippen LogP contribution in [-0.2, 0) is 10.0 Å². The molecule has 0 aromatic rings. The van der Waals surface area contributed by atoms with Crippen molar-refractivity contribution in [1.29, 1.82) is 0 Å². The fourth-order valence-electron chi connectivity index (χ4n) is 0.592. The Balaban J connectivity index is 4.76. The maximum atomic E-state index is 11.4. The van der Waals surface area contributed by atoms with Gasteiger partial charge >= 0.3 is 10.6 Å². The Kier molecular flexibility index (Phi) is 6.02. The summed E-state index contributed by atoms with van der Waals surface area (Å²) >= 11 is -0.162. The van der Waals surface area contributed by atoms with E-state index in [1.807, 2.05) is 0 Å². The van der Waals surface area contributed by atoms with Crippen LogP contribution in [0.4, 0.5) is 9.59 Å². The molecule has 0 amide bonds. The molecule has 2 N–H and O–H groups in total. The van der Waals surface area contributed by atoms with Crippen molar-refractivity contribution in [1.82, 2.24) is 3.12 Å². The SMILES string of the molecule is CCCS(=O)(=O)N(SC(=O)O)SC(=O)O. The van der Waals surface area contributed by atoms with E-state index in [2.05, 4.69) is 0 Å². The molecule has 0 aliphatic carbocycles. The summed E-state index contributed by atoms with van der Waals surface area (Å²) in [5, 5.41) is 13.8. The lowest BCUT2D eigenvalue weighted by atomic mass is 10.6. The molecule has 0 fully saturated rings. The first kappa shape index (κ1) is 14.6. The highest BCUT2D eigenvalue weighted by Crippen LogP contribution is 2.27. The normalized spacial score (nSPS) is 11.6. The number of carbonyl (C=O) groups is 2. The molecule has 0 bridgehead atoms. The summed E-state index contributed by atoms with van der Waals surface area (Å²) < 4.78 is 23.0. The predicted molar refractivity (Wildman–Crippen MR) is 57.1 cm³/mol. The predicted octanol–water partition coefficient (Wildman–Crippen LogP) is 1.68. The Labute approximate surface area is 95.1 Å². The first-order valence-electron chi connectivity index (χ1n) is 3.64. The highest BCUT2D eigenvalue weighted by atomic mass is 32.3. The second-order valence-electron chi connectivity index (χ2n) is 2.22. The molecule has 0 saturated heterocycles. The van der Waals surface area contributed by atoms with E-state index in [-0.39, 0.29) is 39.2 Å². The molecule has 0 aliphatic heterocycles. The van der Waals surface area contributed by atoms with Crippen LogP contribution < -0.4 is 0 Å². The molecule has 0 radical (unpaired) electrons. The molecule has 0 heterocycles. The standard InChI is InChI=1S/C5H9NO6S3/c1-2-3-15(11,12)6(13-4(7)8)14-5(9)10/h2-3H2,1H3,(H,7,8)(H,9,10). The molecule has 15 heavy (non-hydrogen) atoms. The van der Waals surface area contributed by atoms with E-state index in [1.54, 1.807) is 6.92 Å². The summed E-state index contributed by atoms with van der Waals surface area (Å²) in [5.74, 6) is -0.298. The average Bonchev–Trinajstić information content (AvgIpc) is 2.00. The number of carboxylic acid groups (broad SMARTS) is 2. The maximum absolute atomic E-state index is 11.4. The van der Waals surface area contributed by atoms with Gasteiger partial charge in [-0.3, -0.25) is 0 Å². The molecule has 0 aromatic heterocycles. The second kappa shape index (κ2) is 6.20. The van der Waals surface area contributed by atoms with Crippen LogP contribution in [0.15, 0.2) is 0 Å². The number of hydrogen-bond donors (Lipinski definition) is 2. The molecule has 0 aliphatic rings. The lowest BCUT2D eigenvalue weighted by Gasteiger charge is -2.13. The lowest BCUT2D eigenvalue weighted by Crippen LogP contribution is -2.23. The molecule has 88 valence electrons. The maximum Gasteiger partial charge on any atom is 0.382 e. The van der Waals surface area contributed by atoms with Gasteiger partial charge in [0.05, 0.1) is 29.6 Å². The van der Waals surface area contributed by atoms with E-state index < -0.39 is 20.6 Å². The summed E-state index contributed by atoms with van der Waals surface area (Å²) in [4.78, 5) is 20.6. The van der Waals surface area contributed by atoms with Gasteiger partial charge in [0.25, 0.3) is 0 Å². The van der Waals surface area contributed by atoms with Crippen LogP contribution in [0.25, 0.3) is 0 Å². The van der Waals surface area contributed by atoms with Crippen molar-refractivity contribution in [2.24, 2.45) is 0 Å². The zero-order chi connectivity index (χ0) is 12.1. The quantitative estimate of drug-likeness (QED) is 0.729. The number of hydrogen-bond acceptors (Lipinski definition) is 6. The van der Waals surface area contributed by atoms with Crippen molar-refractivity contribution in [2.75, 3.05) is 5.75 Å². The zero-order valence-corrected chi connectivity index (χ0v) is 10.1. The number of sulfonamides is 1. The minimum Gasteiger partial charge on any atom is -0.472 e. The van der Waals surface area contributed by atoms with Crippen LogP contribution in [-0.4, -0.2) is 38.1 Å². The number of nitrogens with zero attached hydrogens (tertiary/aromatic N) is 1. The van der Waals surface area contributed by atoms with E-state index in [4.69, 9.17) is 10.2 Å². The third-order valence-corrected chi connectivity index (χ3v) is 5.24. The topological polar surface area (TPSA) is 112 Å². The Morgan fingerprint density at radius 1 is 1.20 bits per heavy atom.